The lowest BCUT2D eigenvalue weighted by molar-refractivity contribution is -1.92. The standard InChI is InChI=1S/C15H30ClNO5/c1-2-3-4-5-6-7-8-9-10-12-15(18)17-13-11-14-22-16(19,20)21/h2-14H2,1H3,(H,17,18). The number of hydrogen-bond donors (Lipinski definition) is 1. The second-order valence-corrected chi connectivity index (χ2v) is 6.45. The zero-order valence-corrected chi connectivity index (χ0v) is 14.4. The smallest absolute Gasteiger partial charge is 0.219 e. The van der Waals surface area contributed by atoms with Crippen molar-refractivity contribution in [2.24, 2.45) is 0 Å². The van der Waals surface area contributed by atoms with Gasteiger partial charge in [0.05, 0.1) is 14.5 Å². The molecule has 0 aliphatic carbocycles. The van der Waals surface area contributed by atoms with Crippen LogP contribution in [0.5, 0.6) is 0 Å². The molecule has 0 aromatic carbocycles. The van der Waals surface area contributed by atoms with Crippen molar-refractivity contribution in [2.75, 3.05) is 13.2 Å². The fraction of sp³-hybridized carbons (Fsp3) is 0.933. The molecule has 0 bridgehead atoms. The van der Waals surface area contributed by atoms with Crippen molar-refractivity contribution in [1.82, 2.24) is 5.32 Å². The van der Waals surface area contributed by atoms with Gasteiger partial charge in [0.2, 0.25) is 12.5 Å². The summed E-state index contributed by atoms with van der Waals surface area (Å²) >= 11 is 0. The molecule has 0 radical (unpaired) electrons. The second-order valence-electron chi connectivity index (χ2n) is 5.47. The summed E-state index contributed by atoms with van der Waals surface area (Å²) in [5.74, 6) is -0.0366. The molecule has 6 nitrogen and oxygen atoms in total. The molecule has 0 spiro atoms. The summed E-state index contributed by atoms with van der Waals surface area (Å²) in [7, 11) is -4.36. The molecule has 22 heavy (non-hydrogen) atoms. The Labute approximate surface area is 136 Å². The third-order valence-electron chi connectivity index (χ3n) is 3.36. The lowest BCUT2D eigenvalue weighted by Gasteiger charge is -2.12. The van der Waals surface area contributed by atoms with E-state index in [1.165, 1.54) is 44.9 Å². The van der Waals surface area contributed by atoms with Crippen molar-refractivity contribution < 1.29 is 33.3 Å². The van der Waals surface area contributed by atoms with Gasteiger partial charge in [-0.15, -0.1) is 0 Å². The van der Waals surface area contributed by atoms with Gasteiger partial charge in [0.1, 0.15) is 0 Å². The first-order chi connectivity index (χ1) is 10.5. The fourth-order valence-electron chi connectivity index (χ4n) is 2.13. The van der Waals surface area contributed by atoms with Crippen molar-refractivity contribution in [3.05, 3.63) is 0 Å². The number of amides is 1. The Kier molecular flexibility index (Phi) is 14.0. The monoisotopic (exact) mass is 339 g/mol. The Morgan fingerprint density at radius 2 is 1.45 bits per heavy atom. The maximum Gasteiger partial charge on any atom is 0.219 e. The van der Waals surface area contributed by atoms with Crippen LogP contribution in [-0.4, -0.2) is 19.1 Å². The minimum atomic E-state index is -4.36. The number of halogens is 1. The van der Waals surface area contributed by atoms with Crippen LogP contribution in [0, 0.1) is 10.2 Å². The van der Waals surface area contributed by atoms with Crippen LogP contribution in [0.25, 0.3) is 0 Å². The van der Waals surface area contributed by atoms with E-state index >= 15 is 0 Å². The summed E-state index contributed by atoms with van der Waals surface area (Å²) in [6, 6.07) is 0. The van der Waals surface area contributed by atoms with Gasteiger partial charge in [-0.05, 0) is 6.42 Å². The lowest BCUT2D eigenvalue weighted by atomic mass is 10.1. The number of unbranched alkanes of at least 4 members (excludes halogenated alkanes) is 8. The van der Waals surface area contributed by atoms with Gasteiger partial charge in [-0.2, -0.15) is 14.0 Å². The van der Waals surface area contributed by atoms with E-state index in [0.29, 0.717) is 19.4 Å². The van der Waals surface area contributed by atoms with Gasteiger partial charge >= 0.3 is 0 Å². The van der Waals surface area contributed by atoms with Crippen molar-refractivity contribution in [1.29, 1.82) is 0 Å². The van der Waals surface area contributed by atoms with E-state index in [0.717, 1.165) is 12.8 Å². The van der Waals surface area contributed by atoms with Gasteiger partial charge in [-0.3, -0.25) is 4.79 Å². The van der Waals surface area contributed by atoms with Gasteiger partial charge in [0, 0.05) is 19.4 Å². The molecule has 0 aliphatic heterocycles. The molecule has 132 valence electrons. The Balaban J connectivity index is 3.23. The van der Waals surface area contributed by atoms with Crippen molar-refractivity contribution in [2.45, 2.75) is 77.6 Å². The molecule has 0 aliphatic rings. The van der Waals surface area contributed by atoms with E-state index in [9.17, 15) is 18.8 Å². The highest BCUT2D eigenvalue weighted by atomic mass is 35.7. The van der Waals surface area contributed by atoms with Crippen LogP contribution < -0.4 is 19.3 Å². The van der Waals surface area contributed by atoms with E-state index in [2.05, 4.69) is 16.5 Å². The molecule has 0 atom stereocenters. The zero-order valence-electron chi connectivity index (χ0n) is 13.6. The molecular weight excluding hydrogens is 310 g/mol. The summed E-state index contributed by atoms with van der Waals surface area (Å²) in [6.07, 6.45) is 11.7. The summed E-state index contributed by atoms with van der Waals surface area (Å²) in [5.41, 5.74) is 0. The molecule has 0 heterocycles. The van der Waals surface area contributed by atoms with E-state index in [4.69, 9.17) is 0 Å². The molecule has 0 saturated carbocycles. The fourth-order valence-corrected chi connectivity index (χ4v) is 2.43. The molecule has 0 aromatic rings. The molecule has 0 fully saturated rings. The highest BCUT2D eigenvalue weighted by Gasteiger charge is 2.15. The van der Waals surface area contributed by atoms with Crippen LogP contribution in [0.2, 0.25) is 0 Å². The van der Waals surface area contributed by atoms with E-state index in [1.807, 2.05) is 0 Å². The number of hydrogen-bond acceptors (Lipinski definition) is 5. The third kappa shape index (κ3) is 17.7. The van der Waals surface area contributed by atoms with E-state index < -0.39 is 10.2 Å². The molecule has 0 saturated heterocycles. The SMILES string of the molecule is CCCCCCCCCCCC(=O)NCCCO[Cl+3]([O-])([O-])[O-]. The Morgan fingerprint density at radius 1 is 0.909 bits per heavy atom. The average Bonchev–Trinajstić information content (AvgIpc) is 2.44. The molecule has 0 aromatic heterocycles. The Bertz CT molecular complexity index is 271. The maximum absolute atomic E-state index is 11.5. The Hall–Kier alpha value is -0.400. The number of rotatable bonds is 15. The van der Waals surface area contributed by atoms with Crippen molar-refractivity contribution in [3.63, 3.8) is 0 Å². The molecular formula is C15H30ClNO5. The normalized spacial score (nSPS) is 11.6. The van der Waals surface area contributed by atoms with Crippen LogP contribution in [0.1, 0.15) is 77.6 Å². The van der Waals surface area contributed by atoms with Crippen LogP contribution >= 0.6 is 0 Å². The minimum absolute atomic E-state index is 0.0366. The summed E-state index contributed by atoms with van der Waals surface area (Å²) in [6.45, 7) is 2.33. The topological polar surface area (TPSA) is 108 Å². The van der Waals surface area contributed by atoms with Gasteiger partial charge < -0.3 is 5.32 Å². The third-order valence-corrected chi connectivity index (χ3v) is 3.78. The quantitative estimate of drug-likeness (QED) is 0.432. The first-order valence-electron chi connectivity index (χ1n) is 8.27. The average molecular weight is 340 g/mol. The largest absolute Gasteiger partial charge is 0.356 e. The predicted molar refractivity (Wildman–Crippen MR) is 75.4 cm³/mol. The highest BCUT2D eigenvalue weighted by Crippen LogP contribution is 2.10. The zero-order chi connectivity index (χ0) is 16.7. The summed E-state index contributed by atoms with van der Waals surface area (Å²) in [5, 5.41) is 2.68. The van der Waals surface area contributed by atoms with Crippen molar-refractivity contribution in [3.8, 4) is 0 Å². The predicted octanol–water partition coefficient (Wildman–Crippen LogP) is 0.328. The van der Waals surface area contributed by atoms with Crippen molar-refractivity contribution >= 4 is 5.91 Å². The van der Waals surface area contributed by atoms with Crippen LogP contribution in [0.15, 0.2) is 0 Å². The Morgan fingerprint density at radius 3 is 2.00 bits per heavy atom. The van der Waals surface area contributed by atoms with Crippen LogP contribution in [-0.2, 0) is 9.08 Å². The molecule has 0 unspecified atom stereocenters. The number of carbonyl (C=O) groups excluding carboxylic acids is 1. The first-order valence-corrected chi connectivity index (χ1v) is 9.51. The first kappa shape index (κ1) is 21.6. The molecule has 7 heteroatoms. The van der Waals surface area contributed by atoms with Gasteiger partial charge in [-0.1, -0.05) is 58.3 Å². The van der Waals surface area contributed by atoms with Gasteiger partial charge in [-0.25, -0.2) is 0 Å². The maximum atomic E-state index is 11.5. The summed E-state index contributed by atoms with van der Waals surface area (Å²) < 4.78 is 34.4. The summed E-state index contributed by atoms with van der Waals surface area (Å²) in [4.78, 5) is 11.5. The lowest BCUT2D eigenvalue weighted by Crippen LogP contribution is -2.61. The molecule has 1 amide bonds. The van der Waals surface area contributed by atoms with E-state index in [1.54, 1.807) is 0 Å². The number of carbonyl (C=O) groups is 1. The second kappa shape index (κ2) is 14.2. The van der Waals surface area contributed by atoms with Gasteiger partial charge in [0.15, 0.2) is 0 Å². The molecule has 0 rings (SSSR count). The molecule has 1 N–H and O–H groups in total. The highest BCUT2D eigenvalue weighted by molar-refractivity contribution is 5.75. The van der Waals surface area contributed by atoms with Gasteiger partial charge in [0.25, 0.3) is 0 Å². The number of nitrogens with one attached hydrogen (secondary N) is 1. The van der Waals surface area contributed by atoms with Crippen LogP contribution in [0.3, 0.4) is 0 Å². The van der Waals surface area contributed by atoms with E-state index in [-0.39, 0.29) is 12.5 Å². The van der Waals surface area contributed by atoms with Crippen LogP contribution in [0.4, 0.5) is 0 Å². The minimum Gasteiger partial charge on any atom is -0.356 e.